The molecule has 1 amide bonds. The number of aliphatic hydroxyl groups excluding tert-OH is 1. The molecule has 1 aliphatic rings. The molecule has 1 unspecified atom stereocenters. The van der Waals surface area contributed by atoms with E-state index < -0.39 is 29.3 Å². The Morgan fingerprint density at radius 1 is 0.971 bits per heavy atom. The summed E-state index contributed by atoms with van der Waals surface area (Å²) in [6.07, 6.45) is 0. The summed E-state index contributed by atoms with van der Waals surface area (Å²) in [6, 6.07) is 13.3. The lowest BCUT2D eigenvalue weighted by Gasteiger charge is -2.26. The maximum atomic E-state index is 15.0. The number of hydrogen-bond donors (Lipinski definition) is 1. The predicted molar refractivity (Wildman–Crippen MR) is 127 cm³/mol. The van der Waals surface area contributed by atoms with E-state index in [0.717, 1.165) is 4.90 Å². The smallest absolute Gasteiger partial charge is 0.300 e. The molecule has 1 heterocycles. The summed E-state index contributed by atoms with van der Waals surface area (Å²) in [5.74, 6) is -2.52. The summed E-state index contributed by atoms with van der Waals surface area (Å²) in [4.78, 5) is 27.5. The van der Waals surface area contributed by atoms with Crippen LogP contribution in [0.3, 0.4) is 0 Å². The third kappa shape index (κ3) is 4.08. The van der Waals surface area contributed by atoms with Gasteiger partial charge in [0.1, 0.15) is 23.1 Å². The van der Waals surface area contributed by atoms with Gasteiger partial charge in [-0.15, -0.1) is 0 Å². The maximum absolute atomic E-state index is 15.0. The average Bonchev–Trinajstić information content (AvgIpc) is 3.08. The molecule has 0 radical (unpaired) electrons. The Balaban J connectivity index is 2.01. The number of ketones is 1. The topological polar surface area (TPSA) is 76.1 Å². The maximum Gasteiger partial charge on any atom is 0.300 e. The van der Waals surface area contributed by atoms with Crippen LogP contribution in [0.4, 0.5) is 10.1 Å². The predicted octanol–water partition coefficient (Wildman–Crippen LogP) is 5.78. The van der Waals surface area contributed by atoms with Crippen molar-refractivity contribution in [2.24, 2.45) is 0 Å². The molecule has 1 fully saturated rings. The van der Waals surface area contributed by atoms with Gasteiger partial charge in [0.15, 0.2) is 0 Å². The molecule has 6 nitrogen and oxygen atoms in total. The number of ether oxygens (including phenoxy) is 2. The lowest BCUT2D eigenvalue weighted by Crippen LogP contribution is -2.29. The van der Waals surface area contributed by atoms with Gasteiger partial charge in [-0.2, -0.15) is 0 Å². The van der Waals surface area contributed by atoms with Crippen LogP contribution in [0.5, 0.6) is 11.5 Å². The number of Topliss-reactive ketones (excluding diaryl/α,β-unsaturated/α-hetero) is 1. The molecule has 0 aromatic heterocycles. The van der Waals surface area contributed by atoms with Crippen molar-refractivity contribution in [2.75, 3.05) is 19.1 Å². The molecule has 0 spiro atoms. The van der Waals surface area contributed by atoms with Crippen molar-refractivity contribution in [1.29, 1.82) is 0 Å². The zero-order valence-corrected chi connectivity index (χ0v) is 19.5. The van der Waals surface area contributed by atoms with Gasteiger partial charge in [0.2, 0.25) is 0 Å². The minimum absolute atomic E-state index is 0.00632. The van der Waals surface area contributed by atoms with Gasteiger partial charge in [-0.3, -0.25) is 14.5 Å². The molecule has 3 aromatic rings. The Morgan fingerprint density at radius 2 is 1.65 bits per heavy atom. The van der Waals surface area contributed by atoms with E-state index in [1.54, 1.807) is 12.1 Å². The van der Waals surface area contributed by atoms with E-state index in [0.29, 0.717) is 5.75 Å². The molecule has 4 rings (SSSR count). The summed E-state index contributed by atoms with van der Waals surface area (Å²) in [5.41, 5.74) is 0.00172. The van der Waals surface area contributed by atoms with Crippen LogP contribution >= 0.6 is 23.2 Å². The molecule has 0 saturated carbocycles. The van der Waals surface area contributed by atoms with Crippen molar-refractivity contribution >= 4 is 46.3 Å². The molecule has 34 heavy (non-hydrogen) atoms. The Hall–Kier alpha value is -3.55. The van der Waals surface area contributed by atoms with Gasteiger partial charge in [0, 0.05) is 27.4 Å². The molecule has 9 heteroatoms. The fraction of sp³-hybridized carbons (Fsp3) is 0.120. The van der Waals surface area contributed by atoms with Crippen molar-refractivity contribution in [3.05, 3.63) is 93.2 Å². The molecule has 174 valence electrons. The fourth-order valence-electron chi connectivity index (χ4n) is 3.91. The molecule has 1 saturated heterocycles. The molecular formula is C25H18Cl2FNO5. The van der Waals surface area contributed by atoms with Gasteiger partial charge in [0.05, 0.1) is 31.4 Å². The van der Waals surface area contributed by atoms with Crippen LogP contribution in [0.2, 0.25) is 10.0 Å². The van der Waals surface area contributed by atoms with Crippen molar-refractivity contribution in [2.45, 2.75) is 6.04 Å². The third-order valence-electron chi connectivity index (χ3n) is 5.43. The monoisotopic (exact) mass is 501 g/mol. The second kappa shape index (κ2) is 9.37. The van der Waals surface area contributed by atoms with Crippen LogP contribution in [0.15, 0.2) is 66.2 Å². The number of hydrogen-bond acceptors (Lipinski definition) is 5. The van der Waals surface area contributed by atoms with Crippen LogP contribution in [0.25, 0.3) is 5.76 Å². The lowest BCUT2D eigenvalue weighted by molar-refractivity contribution is -0.132. The number of anilines is 1. The fourth-order valence-corrected chi connectivity index (χ4v) is 4.42. The highest BCUT2D eigenvalue weighted by Gasteiger charge is 2.48. The van der Waals surface area contributed by atoms with Crippen LogP contribution in [0, 0.1) is 5.82 Å². The van der Waals surface area contributed by atoms with Gasteiger partial charge in [-0.25, -0.2) is 4.39 Å². The van der Waals surface area contributed by atoms with Crippen LogP contribution in [-0.2, 0) is 9.59 Å². The number of amides is 1. The molecule has 1 aliphatic heterocycles. The number of nitrogens with zero attached hydrogens (tertiary/aromatic N) is 1. The normalized spacial score (nSPS) is 17.2. The van der Waals surface area contributed by atoms with Crippen molar-refractivity contribution in [1.82, 2.24) is 0 Å². The number of carbonyl (C=O) groups excluding carboxylic acids is 2. The molecule has 1 atom stereocenters. The molecule has 0 bridgehead atoms. The van der Waals surface area contributed by atoms with Gasteiger partial charge >= 0.3 is 0 Å². The summed E-state index contributed by atoms with van der Waals surface area (Å²) in [6.45, 7) is 0. The summed E-state index contributed by atoms with van der Waals surface area (Å²) < 4.78 is 25.5. The number of halogens is 3. The van der Waals surface area contributed by atoms with Crippen molar-refractivity contribution < 1.29 is 28.6 Å². The van der Waals surface area contributed by atoms with Crippen LogP contribution in [0.1, 0.15) is 17.2 Å². The number of aliphatic hydroxyl groups is 1. The first-order valence-electron chi connectivity index (χ1n) is 10.0. The van der Waals surface area contributed by atoms with E-state index >= 15 is 0 Å². The van der Waals surface area contributed by atoms with Crippen LogP contribution < -0.4 is 14.4 Å². The number of benzene rings is 3. The largest absolute Gasteiger partial charge is 0.507 e. The standard InChI is InChI=1S/C25H18Cl2FNO5/c1-33-16-7-8-18(20(12-16)34-2)23(30)21-22(17-5-3-4-6-19(17)28)29(25(32)24(21)31)15-10-13(26)9-14(27)11-15/h3-12,22,30H,1-2H3/b23-21+. The zero-order valence-electron chi connectivity index (χ0n) is 18.0. The van der Waals surface area contributed by atoms with E-state index in [2.05, 4.69) is 0 Å². The summed E-state index contributed by atoms with van der Waals surface area (Å²) in [5, 5.41) is 11.7. The van der Waals surface area contributed by atoms with Gasteiger partial charge < -0.3 is 14.6 Å². The van der Waals surface area contributed by atoms with Gasteiger partial charge in [-0.1, -0.05) is 41.4 Å². The minimum Gasteiger partial charge on any atom is -0.507 e. The van der Waals surface area contributed by atoms with E-state index in [-0.39, 0.29) is 38.2 Å². The second-order valence-electron chi connectivity index (χ2n) is 7.38. The van der Waals surface area contributed by atoms with Crippen LogP contribution in [-0.4, -0.2) is 31.0 Å². The van der Waals surface area contributed by atoms with Crippen molar-refractivity contribution in [3.8, 4) is 11.5 Å². The number of carbonyl (C=O) groups is 2. The summed E-state index contributed by atoms with van der Waals surface area (Å²) in [7, 11) is 2.85. The molecular weight excluding hydrogens is 484 g/mol. The SMILES string of the molecule is COc1ccc(/C(O)=C2\C(=O)C(=O)N(c3cc(Cl)cc(Cl)c3)C2c2ccccc2F)c(OC)c1. The second-order valence-corrected chi connectivity index (χ2v) is 8.26. The third-order valence-corrected chi connectivity index (χ3v) is 5.87. The van der Waals surface area contributed by atoms with Gasteiger partial charge in [0.25, 0.3) is 11.7 Å². The number of rotatable bonds is 5. The van der Waals surface area contributed by atoms with E-state index in [1.807, 2.05) is 0 Å². The first-order chi connectivity index (χ1) is 16.3. The Labute approximate surface area is 204 Å². The van der Waals surface area contributed by atoms with Crippen molar-refractivity contribution in [3.63, 3.8) is 0 Å². The van der Waals surface area contributed by atoms with E-state index in [1.165, 1.54) is 62.8 Å². The summed E-state index contributed by atoms with van der Waals surface area (Å²) >= 11 is 12.3. The van der Waals surface area contributed by atoms with E-state index in [4.69, 9.17) is 32.7 Å². The molecule has 0 aliphatic carbocycles. The van der Waals surface area contributed by atoms with Gasteiger partial charge in [-0.05, 0) is 36.4 Å². The highest BCUT2D eigenvalue weighted by molar-refractivity contribution is 6.52. The quantitative estimate of drug-likeness (QED) is 0.272. The first kappa shape index (κ1) is 23.6. The highest BCUT2D eigenvalue weighted by atomic mass is 35.5. The minimum atomic E-state index is -1.29. The molecule has 3 aromatic carbocycles. The Bertz CT molecular complexity index is 1320. The first-order valence-corrected chi connectivity index (χ1v) is 10.8. The molecule has 1 N–H and O–H groups in total. The van der Waals surface area contributed by atoms with E-state index in [9.17, 15) is 19.1 Å². The highest BCUT2D eigenvalue weighted by Crippen LogP contribution is 2.45. The Kier molecular flexibility index (Phi) is 6.50. The number of methoxy groups -OCH3 is 2. The average molecular weight is 502 g/mol. The lowest BCUT2D eigenvalue weighted by atomic mass is 9.94. The Morgan fingerprint density at radius 3 is 2.26 bits per heavy atom. The zero-order chi connectivity index (χ0) is 24.6.